The number of ether oxygens (including phenoxy) is 1. The van der Waals surface area contributed by atoms with Crippen molar-refractivity contribution < 1.29 is 4.74 Å². The Morgan fingerprint density at radius 3 is 2.86 bits per heavy atom. The molecule has 0 spiro atoms. The van der Waals surface area contributed by atoms with Crippen LogP contribution in [0.4, 0.5) is 5.69 Å². The zero-order valence-corrected chi connectivity index (χ0v) is 13.9. The molecule has 0 amide bonds. The minimum atomic E-state index is 0.687. The van der Waals surface area contributed by atoms with Gasteiger partial charge in [-0.1, -0.05) is 6.07 Å². The summed E-state index contributed by atoms with van der Waals surface area (Å²) in [7, 11) is 4.07. The number of likely N-dealkylation sites (N-methyl/N-ethyl adjacent to an activating group) is 1. The van der Waals surface area contributed by atoms with Crippen LogP contribution in [-0.2, 0) is 6.54 Å². The fourth-order valence-corrected chi connectivity index (χ4v) is 2.21. The topological polar surface area (TPSA) is 37.4 Å². The van der Waals surface area contributed by atoms with Crippen molar-refractivity contribution in [2.24, 2.45) is 0 Å². The highest BCUT2D eigenvalue weighted by molar-refractivity contribution is 9.10. The highest BCUT2D eigenvalue weighted by atomic mass is 79.9. The maximum absolute atomic E-state index is 5.73. The Labute approximate surface area is 134 Å². The van der Waals surface area contributed by atoms with Gasteiger partial charge in [-0.3, -0.25) is 4.98 Å². The van der Waals surface area contributed by atoms with E-state index in [1.165, 1.54) is 0 Å². The lowest BCUT2D eigenvalue weighted by molar-refractivity contribution is 0.261. The fourth-order valence-electron chi connectivity index (χ4n) is 1.80. The third-order valence-electron chi connectivity index (χ3n) is 2.90. The van der Waals surface area contributed by atoms with Crippen LogP contribution in [0.15, 0.2) is 47.2 Å². The molecule has 1 aromatic heterocycles. The number of halogens is 1. The molecule has 0 aliphatic rings. The number of hydrogen-bond donors (Lipinski definition) is 1. The van der Waals surface area contributed by atoms with Gasteiger partial charge in [-0.2, -0.15) is 0 Å². The Balaban J connectivity index is 1.88. The van der Waals surface area contributed by atoms with Crippen LogP contribution in [0.5, 0.6) is 5.75 Å². The minimum Gasteiger partial charge on any atom is -0.492 e. The first-order chi connectivity index (χ1) is 10.1. The van der Waals surface area contributed by atoms with E-state index in [1.807, 2.05) is 44.6 Å². The highest BCUT2D eigenvalue weighted by Crippen LogP contribution is 2.18. The van der Waals surface area contributed by atoms with E-state index in [2.05, 4.69) is 37.2 Å². The largest absolute Gasteiger partial charge is 0.492 e. The van der Waals surface area contributed by atoms with Crippen molar-refractivity contribution in [3.8, 4) is 5.75 Å². The number of rotatable bonds is 7. The number of nitrogens with one attached hydrogen (secondary N) is 1. The van der Waals surface area contributed by atoms with Crippen LogP contribution in [0.2, 0.25) is 0 Å². The molecule has 0 radical (unpaired) electrons. The molecule has 4 nitrogen and oxygen atoms in total. The second-order valence-corrected chi connectivity index (χ2v) is 5.96. The maximum Gasteiger partial charge on any atom is 0.121 e. The lowest BCUT2D eigenvalue weighted by Gasteiger charge is -2.12. The molecule has 2 aromatic rings. The van der Waals surface area contributed by atoms with Gasteiger partial charge in [-0.25, -0.2) is 0 Å². The van der Waals surface area contributed by atoms with E-state index in [-0.39, 0.29) is 0 Å². The van der Waals surface area contributed by atoms with Crippen LogP contribution in [0, 0.1) is 0 Å². The predicted octanol–water partition coefficient (Wildman–Crippen LogP) is 3.40. The average Bonchev–Trinajstić information content (AvgIpc) is 2.45. The van der Waals surface area contributed by atoms with Crippen molar-refractivity contribution in [2.45, 2.75) is 6.54 Å². The van der Waals surface area contributed by atoms with Crippen molar-refractivity contribution in [2.75, 3.05) is 32.6 Å². The van der Waals surface area contributed by atoms with Crippen molar-refractivity contribution in [3.63, 3.8) is 0 Å². The van der Waals surface area contributed by atoms with Gasteiger partial charge in [0, 0.05) is 41.7 Å². The first-order valence-corrected chi connectivity index (χ1v) is 7.64. The van der Waals surface area contributed by atoms with Crippen LogP contribution in [-0.4, -0.2) is 37.1 Å². The van der Waals surface area contributed by atoms with Crippen molar-refractivity contribution in [1.82, 2.24) is 9.88 Å². The Bertz CT molecular complexity index is 575. The van der Waals surface area contributed by atoms with Gasteiger partial charge in [0.1, 0.15) is 12.4 Å². The SMILES string of the molecule is CN(C)CCOc1cccc(NCc2cncc(Br)c2)c1. The van der Waals surface area contributed by atoms with Gasteiger partial charge in [0.15, 0.2) is 0 Å². The quantitative estimate of drug-likeness (QED) is 0.831. The molecule has 1 N–H and O–H groups in total. The maximum atomic E-state index is 5.73. The predicted molar refractivity (Wildman–Crippen MR) is 89.8 cm³/mol. The van der Waals surface area contributed by atoms with Crippen LogP contribution in [0.1, 0.15) is 5.56 Å². The molecule has 0 bridgehead atoms. The standard InChI is InChI=1S/C16H20BrN3O/c1-20(2)6-7-21-16-5-3-4-15(9-16)19-11-13-8-14(17)12-18-10-13/h3-5,8-10,12,19H,6-7,11H2,1-2H3. The molecular weight excluding hydrogens is 330 g/mol. The number of anilines is 1. The molecule has 0 saturated carbocycles. The number of benzene rings is 1. The van der Waals surface area contributed by atoms with E-state index < -0.39 is 0 Å². The van der Waals surface area contributed by atoms with Crippen molar-refractivity contribution in [1.29, 1.82) is 0 Å². The van der Waals surface area contributed by atoms with E-state index in [0.29, 0.717) is 6.61 Å². The van der Waals surface area contributed by atoms with E-state index in [4.69, 9.17) is 4.74 Å². The number of nitrogens with zero attached hydrogens (tertiary/aromatic N) is 2. The second kappa shape index (κ2) is 8.00. The number of aromatic nitrogens is 1. The van der Waals surface area contributed by atoms with E-state index in [9.17, 15) is 0 Å². The Kier molecular flexibility index (Phi) is 6.02. The normalized spacial score (nSPS) is 10.7. The van der Waals surface area contributed by atoms with Gasteiger partial charge in [0.25, 0.3) is 0 Å². The average molecular weight is 350 g/mol. The van der Waals surface area contributed by atoms with Crippen molar-refractivity contribution >= 4 is 21.6 Å². The van der Waals surface area contributed by atoms with Gasteiger partial charge in [-0.15, -0.1) is 0 Å². The molecular formula is C16H20BrN3O. The van der Waals surface area contributed by atoms with Crippen LogP contribution >= 0.6 is 15.9 Å². The van der Waals surface area contributed by atoms with Crippen LogP contribution in [0.25, 0.3) is 0 Å². The van der Waals surface area contributed by atoms with E-state index >= 15 is 0 Å². The van der Waals surface area contributed by atoms with E-state index in [1.54, 1.807) is 6.20 Å². The number of pyridine rings is 1. The molecule has 1 heterocycles. The molecule has 0 unspecified atom stereocenters. The molecule has 0 aliphatic carbocycles. The second-order valence-electron chi connectivity index (χ2n) is 5.04. The molecule has 0 aliphatic heterocycles. The van der Waals surface area contributed by atoms with Gasteiger partial charge in [0.2, 0.25) is 0 Å². The summed E-state index contributed by atoms with van der Waals surface area (Å²) in [5, 5.41) is 3.38. The lowest BCUT2D eigenvalue weighted by Crippen LogP contribution is -2.19. The Morgan fingerprint density at radius 2 is 2.10 bits per heavy atom. The third-order valence-corrected chi connectivity index (χ3v) is 3.33. The zero-order chi connectivity index (χ0) is 15.1. The summed E-state index contributed by atoms with van der Waals surface area (Å²) < 4.78 is 6.72. The fraction of sp³-hybridized carbons (Fsp3) is 0.312. The summed E-state index contributed by atoms with van der Waals surface area (Å²) in [5.74, 6) is 0.884. The third kappa shape index (κ3) is 5.73. The molecule has 0 saturated heterocycles. The van der Waals surface area contributed by atoms with E-state index in [0.717, 1.165) is 34.6 Å². The Morgan fingerprint density at radius 1 is 1.24 bits per heavy atom. The van der Waals surface area contributed by atoms with Gasteiger partial charge in [-0.05, 0) is 53.8 Å². The summed E-state index contributed by atoms with van der Waals surface area (Å²) in [6.45, 7) is 2.32. The van der Waals surface area contributed by atoms with Gasteiger partial charge in [0.05, 0.1) is 0 Å². The molecule has 112 valence electrons. The summed E-state index contributed by atoms with van der Waals surface area (Å²) in [4.78, 5) is 6.25. The zero-order valence-electron chi connectivity index (χ0n) is 12.3. The molecule has 0 atom stereocenters. The molecule has 21 heavy (non-hydrogen) atoms. The van der Waals surface area contributed by atoms with Gasteiger partial charge < -0.3 is 15.0 Å². The van der Waals surface area contributed by atoms with Crippen LogP contribution in [0.3, 0.4) is 0 Å². The smallest absolute Gasteiger partial charge is 0.121 e. The van der Waals surface area contributed by atoms with Crippen molar-refractivity contribution in [3.05, 3.63) is 52.8 Å². The molecule has 5 heteroatoms. The highest BCUT2D eigenvalue weighted by Gasteiger charge is 1.99. The summed E-state index contributed by atoms with van der Waals surface area (Å²) in [5.41, 5.74) is 2.17. The minimum absolute atomic E-state index is 0.687. The monoisotopic (exact) mass is 349 g/mol. The summed E-state index contributed by atoms with van der Waals surface area (Å²) >= 11 is 3.43. The molecule has 1 aromatic carbocycles. The van der Waals surface area contributed by atoms with Crippen LogP contribution < -0.4 is 10.1 Å². The number of hydrogen-bond acceptors (Lipinski definition) is 4. The first kappa shape index (κ1) is 15.8. The Hall–Kier alpha value is -1.59. The van der Waals surface area contributed by atoms with Gasteiger partial charge >= 0.3 is 0 Å². The summed E-state index contributed by atoms with van der Waals surface area (Å²) in [6.07, 6.45) is 3.64. The lowest BCUT2D eigenvalue weighted by atomic mass is 10.2. The molecule has 0 fully saturated rings. The first-order valence-electron chi connectivity index (χ1n) is 6.84. The summed E-state index contributed by atoms with van der Waals surface area (Å²) in [6, 6.07) is 10.1. The molecule has 2 rings (SSSR count).